The first-order valence-electron chi connectivity index (χ1n) is 10.2. The van der Waals surface area contributed by atoms with Crippen molar-refractivity contribution >= 4 is 22.5 Å². The predicted molar refractivity (Wildman–Crippen MR) is 116 cm³/mol. The summed E-state index contributed by atoms with van der Waals surface area (Å²) in [4.78, 5) is 5.48. The molecule has 6 heteroatoms. The molecule has 2 aromatic carbocycles. The largest absolute Gasteiger partial charge is 0.492 e. The number of aliphatic hydroxyl groups is 1. The molecule has 1 aliphatic rings. The van der Waals surface area contributed by atoms with Gasteiger partial charge in [-0.1, -0.05) is 29.8 Å². The number of para-hydroxylation sites is 1. The van der Waals surface area contributed by atoms with Gasteiger partial charge in [0.1, 0.15) is 24.2 Å². The Morgan fingerprint density at radius 1 is 1.03 bits per heavy atom. The number of hydrogen-bond donors (Lipinski definition) is 2. The lowest BCUT2D eigenvalue weighted by Gasteiger charge is -2.33. The number of nitrogens with zero attached hydrogens (tertiary/aromatic N) is 1. The zero-order valence-corrected chi connectivity index (χ0v) is 17.1. The number of benzene rings is 2. The van der Waals surface area contributed by atoms with Crippen LogP contribution in [0.15, 0.2) is 54.7 Å². The van der Waals surface area contributed by atoms with E-state index in [1.54, 1.807) is 0 Å². The van der Waals surface area contributed by atoms with Crippen LogP contribution in [0.25, 0.3) is 10.9 Å². The number of nitrogens with one attached hydrogen (secondary N) is 1. The molecule has 1 fully saturated rings. The Morgan fingerprint density at radius 3 is 2.66 bits per heavy atom. The lowest BCUT2D eigenvalue weighted by atomic mass is 9.97. The molecule has 0 spiro atoms. The zero-order valence-electron chi connectivity index (χ0n) is 16.4. The van der Waals surface area contributed by atoms with Gasteiger partial charge in [-0.2, -0.15) is 0 Å². The summed E-state index contributed by atoms with van der Waals surface area (Å²) in [5, 5.41) is 12.1. The van der Waals surface area contributed by atoms with Crippen molar-refractivity contribution in [3.63, 3.8) is 0 Å². The van der Waals surface area contributed by atoms with Crippen molar-refractivity contribution in [2.45, 2.75) is 18.9 Å². The Balaban J connectivity index is 1.18. The fraction of sp³-hybridized carbons (Fsp3) is 0.391. The number of β-amino-alcohol motifs (C(OH)–C–C–N with tert-alkyl or cyclic N) is 1. The average molecular weight is 415 g/mol. The number of fused-ring (bicyclic) bond motifs is 1. The second-order valence-corrected chi connectivity index (χ2v) is 8.05. The molecule has 0 bridgehead atoms. The number of likely N-dealkylation sites (tertiary alicyclic amines) is 1. The van der Waals surface area contributed by atoms with Crippen LogP contribution < -0.4 is 9.47 Å². The van der Waals surface area contributed by atoms with E-state index in [4.69, 9.17) is 21.1 Å². The minimum Gasteiger partial charge on any atom is -0.492 e. The monoisotopic (exact) mass is 414 g/mol. The van der Waals surface area contributed by atoms with Gasteiger partial charge in [0.25, 0.3) is 0 Å². The molecular formula is C23H27ClN2O3. The summed E-state index contributed by atoms with van der Waals surface area (Å²) in [6, 6.07) is 15.5. The first-order chi connectivity index (χ1) is 14.2. The highest BCUT2D eigenvalue weighted by Crippen LogP contribution is 2.26. The molecule has 2 heterocycles. The Labute approximate surface area is 176 Å². The average Bonchev–Trinajstić information content (AvgIpc) is 3.22. The number of aliphatic hydroxyl groups excluding tert-OH is 1. The molecule has 154 valence electrons. The van der Waals surface area contributed by atoms with Gasteiger partial charge in [0.2, 0.25) is 0 Å². The Bertz CT molecular complexity index is 921. The number of ether oxygens (including phenoxy) is 2. The molecule has 1 atom stereocenters. The van der Waals surface area contributed by atoms with Crippen LogP contribution in [0.1, 0.15) is 12.8 Å². The molecule has 0 amide bonds. The second kappa shape index (κ2) is 9.53. The molecule has 1 unspecified atom stereocenters. The van der Waals surface area contributed by atoms with Gasteiger partial charge in [-0.15, -0.1) is 0 Å². The van der Waals surface area contributed by atoms with E-state index in [9.17, 15) is 5.11 Å². The minimum absolute atomic E-state index is 0.292. The highest BCUT2D eigenvalue weighted by molar-refractivity contribution is 6.32. The van der Waals surface area contributed by atoms with Gasteiger partial charge in [0.15, 0.2) is 0 Å². The number of halogens is 1. The Morgan fingerprint density at radius 2 is 1.83 bits per heavy atom. The van der Waals surface area contributed by atoms with Crippen LogP contribution in [0.3, 0.4) is 0 Å². The van der Waals surface area contributed by atoms with Gasteiger partial charge in [-0.05, 0) is 62.2 Å². The Hall–Kier alpha value is -2.21. The predicted octanol–water partition coefficient (Wildman–Crippen LogP) is 4.35. The number of aromatic amines is 1. The van der Waals surface area contributed by atoms with E-state index in [1.165, 1.54) is 0 Å². The molecule has 5 nitrogen and oxygen atoms in total. The molecule has 4 rings (SSSR count). The third-order valence-electron chi connectivity index (χ3n) is 5.47. The highest BCUT2D eigenvalue weighted by atomic mass is 35.5. The maximum Gasteiger partial charge on any atom is 0.137 e. The van der Waals surface area contributed by atoms with Crippen LogP contribution in [-0.2, 0) is 0 Å². The van der Waals surface area contributed by atoms with Crippen molar-refractivity contribution in [3.05, 3.63) is 59.8 Å². The summed E-state index contributed by atoms with van der Waals surface area (Å²) in [5.41, 5.74) is 1.04. The van der Waals surface area contributed by atoms with E-state index >= 15 is 0 Å². The summed E-state index contributed by atoms with van der Waals surface area (Å²) in [6.07, 6.45) is 3.50. The van der Waals surface area contributed by atoms with E-state index in [0.717, 1.165) is 48.3 Å². The van der Waals surface area contributed by atoms with Crippen molar-refractivity contribution in [1.29, 1.82) is 0 Å². The van der Waals surface area contributed by atoms with Gasteiger partial charge in [-0.25, -0.2) is 0 Å². The van der Waals surface area contributed by atoms with E-state index in [2.05, 4.69) is 9.88 Å². The van der Waals surface area contributed by atoms with Crippen LogP contribution >= 0.6 is 11.6 Å². The highest BCUT2D eigenvalue weighted by Gasteiger charge is 2.22. The Kier molecular flexibility index (Phi) is 6.60. The van der Waals surface area contributed by atoms with Gasteiger partial charge < -0.3 is 24.5 Å². The third-order valence-corrected chi connectivity index (χ3v) is 5.79. The summed E-state index contributed by atoms with van der Waals surface area (Å²) in [5.74, 6) is 2.07. The number of H-pyrrole nitrogens is 1. The molecule has 0 radical (unpaired) electrons. The SMILES string of the molecule is OC(COc1cccc2[nH]ccc12)CN1CCC(COc2ccccc2Cl)CC1. The van der Waals surface area contributed by atoms with E-state index in [-0.39, 0.29) is 0 Å². The fourth-order valence-electron chi connectivity index (χ4n) is 3.82. The minimum atomic E-state index is -0.514. The first-order valence-corrected chi connectivity index (χ1v) is 10.5. The van der Waals surface area contributed by atoms with Crippen LogP contribution in [0, 0.1) is 5.92 Å². The number of rotatable bonds is 8. The van der Waals surface area contributed by atoms with Crippen LogP contribution in [0.4, 0.5) is 0 Å². The van der Waals surface area contributed by atoms with E-state index in [0.29, 0.717) is 30.7 Å². The van der Waals surface area contributed by atoms with Crippen LogP contribution in [0.5, 0.6) is 11.5 Å². The maximum atomic E-state index is 10.4. The number of hydrogen-bond acceptors (Lipinski definition) is 4. The molecule has 1 saturated heterocycles. The van der Waals surface area contributed by atoms with Gasteiger partial charge >= 0.3 is 0 Å². The summed E-state index contributed by atoms with van der Waals surface area (Å²) in [6.45, 7) is 3.52. The summed E-state index contributed by atoms with van der Waals surface area (Å²) in [7, 11) is 0. The lowest BCUT2D eigenvalue weighted by molar-refractivity contribution is 0.0507. The van der Waals surface area contributed by atoms with Gasteiger partial charge in [-0.3, -0.25) is 0 Å². The number of piperidine rings is 1. The summed E-state index contributed by atoms with van der Waals surface area (Å²) < 4.78 is 11.8. The molecule has 0 aliphatic carbocycles. The van der Waals surface area contributed by atoms with E-state index in [1.807, 2.05) is 54.7 Å². The first kappa shape index (κ1) is 20.1. The maximum absolute atomic E-state index is 10.4. The zero-order chi connectivity index (χ0) is 20.1. The fourth-order valence-corrected chi connectivity index (χ4v) is 4.01. The van der Waals surface area contributed by atoms with E-state index < -0.39 is 6.10 Å². The molecule has 0 saturated carbocycles. The normalized spacial score (nSPS) is 16.8. The van der Waals surface area contributed by atoms with Gasteiger partial charge in [0, 0.05) is 23.6 Å². The van der Waals surface area contributed by atoms with Crippen molar-refractivity contribution in [2.24, 2.45) is 5.92 Å². The topological polar surface area (TPSA) is 57.7 Å². The van der Waals surface area contributed by atoms with Crippen molar-refractivity contribution < 1.29 is 14.6 Å². The van der Waals surface area contributed by atoms with Crippen molar-refractivity contribution in [1.82, 2.24) is 9.88 Å². The quantitative estimate of drug-likeness (QED) is 0.575. The molecule has 3 aromatic rings. The smallest absolute Gasteiger partial charge is 0.137 e. The van der Waals surface area contributed by atoms with Crippen LogP contribution in [-0.4, -0.2) is 53.9 Å². The number of aromatic nitrogens is 1. The third kappa shape index (κ3) is 5.24. The van der Waals surface area contributed by atoms with Gasteiger partial charge in [0.05, 0.1) is 11.6 Å². The molecular weight excluding hydrogens is 388 g/mol. The lowest BCUT2D eigenvalue weighted by Crippen LogP contribution is -2.41. The molecule has 1 aromatic heterocycles. The molecule has 1 aliphatic heterocycles. The second-order valence-electron chi connectivity index (χ2n) is 7.65. The molecule has 29 heavy (non-hydrogen) atoms. The van der Waals surface area contributed by atoms with Crippen molar-refractivity contribution in [3.8, 4) is 11.5 Å². The standard InChI is InChI=1S/C23H27ClN2O3/c24-20-4-1-2-6-23(20)28-15-17-9-12-26(13-10-17)14-18(27)16-29-22-7-3-5-21-19(22)8-11-25-21/h1-8,11,17-18,25,27H,9-10,12-16H2. The van der Waals surface area contributed by atoms with Crippen molar-refractivity contribution in [2.75, 3.05) is 32.8 Å². The summed E-state index contributed by atoms with van der Waals surface area (Å²) >= 11 is 6.15. The van der Waals surface area contributed by atoms with Crippen LogP contribution in [0.2, 0.25) is 5.02 Å². The molecule has 2 N–H and O–H groups in total.